The third-order valence-corrected chi connectivity index (χ3v) is 7.09. The van der Waals surface area contributed by atoms with Crippen molar-refractivity contribution < 1.29 is 24.0 Å². The van der Waals surface area contributed by atoms with Crippen molar-refractivity contribution in [2.24, 2.45) is 5.92 Å². The molecule has 1 aromatic carbocycles. The van der Waals surface area contributed by atoms with E-state index < -0.39 is 8.38 Å². The first-order valence-corrected chi connectivity index (χ1v) is 12.9. The summed E-state index contributed by atoms with van der Waals surface area (Å²) < 4.78 is 17.5. The van der Waals surface area contributed by atoms with Gasteiger partial charge < -0.3 is 28.9 Å². The van der Waals surface area contributed by atoms with E-state index in [0.29, 0.717) is 46.0 Å². The Morgan fingerprint density at radius 3 is 2.46 bits per heavy atom. The van der Waals surface area contributed by atoms with Gasteiger partial charge in [0.25, 0.3) is 5.56 Å². The number of ether oxygens (including phenoxy) is 3. The van der Waals surface area contributed by atoms with Gasteiger partial charge in [-0.25, -0.2) is 4.68 Å². The van der Waals surface area contributed by atoms with Gasteiger partial charge in [-0.15, -0.1) is 0 Å². The minimum absolute atomic E-state index is 0.226. The van der Waals surface area contributed by atoms with Gasteiger partial charge >= 0.3 is 0 Å². The van der Waals surface area contributed by atoms with Crippen LogP contribution in [0.3, 0.4) is 0 Å². The van der Waals surface area contributed by atoms with E-state index in [1.807, 2.05) is 12.1 Å². The number of aromatic nitrogens is 3. The van der Waals surface area contributed by atoms with Crippen molar-refractivity contribution in [3.63, 3.8) is 0 Å². The van der Waals surface area contributed by atoms with Crippen molar-refractivity contribution >= 4 is 25.0 Å². The molecule has 0 spiro atoms. The van der Waals surface area contributed by atoms with Crippen LogP contribution in [0.5, 0.6) is 17.4 Å². The van der Waals surface area contributed by atoms with Crippen molar-refractivity contribution in [3.05, 3.63) is 46.4 Å². The summed E-state index contributed by atoms with van der Waals surface area (Å²) >= 11 is 0. The van der Waals surface area contributed by atoms with Crippen molar-refractivity contribution in [3.8, 4) is 17.4 Å². The van der Waals surface area contributed by atoms with Crippen LogP contribution in [0.1, 0.15) is 24.8 Å². The Labute approximate surface area is 205 Å². The van der Waals surface area contributed by atoms with Gasteiger partial charge in [-0.3, -0.25) is 4.79 Å². The molecule has 10 nitrogen and oxygen atoms in total. The van der Waals surface area contributed by atoms with Crippen molar-refractivity contribution in [2.45, 2.75) is 25.8 Å². The minimum atomic E-state index is -1.85. The molecule has 0 atom stereocenters. The highest BCUT2D eigenvalue weighted by Gasteiger charge is 2.24. The SMILES string of the molecule is COc1cc2cnn(Cc3ccc(OC)c(OC)c3)c(=O)c2c(N2CCC(CCP(O)O)CC2)n1. The average molecular weight is 503 g/mol. The molecule has 0 radical (unpaired) electrons. The second-order valence-electron chi connectivity index (χ2n) is 8.56. The molecule has 188 valence electrons. The van der Waals surface area contributed by atoms with Crippen LogP contribution in [-0.4, -0.2) is 65.1 Å². The Kier molecular flexibility index (Phi) is 8.05. The van der Waals surface area contributed by atoms with E-state index in [9.17, 15) is 14.6 Å². The molecular formula is C24H31N4O6P. The number of rotatable bonds is 9. The quantitative estimate of drug-likeness (QED) is 0.426. The lowest BCUT2D eigenvalue weighted by atomic mass is 9.94. The van der Waals surface area contributed by atoms with Crippen molar-refractivity contribution in [1.82, 2.24) is 14.8 Å². The summed E-state index contributed by atoms with van der Waals surface area (Å²) in [6.07, 6.45) is 4.69. The number of benzene rings is 1. The zero-order valence-corrected chi connectivity index (χ0v) is 21.1. The molecule has 1 saturated heterocycles. The Bertz CT molecular complexity index is 1230. The lowest BCUT2D eigenvalue weighted by Gasteiger charge is -2.33. The van der Waals surface area contributed by atoms with Crippen LogP contribution < -0.4 is 24.7 Å². The van der Waals surface area contributed by atoms with E-state index in [-0.39, 0.29) is 12.1 Å². The highest BCUT2D eigenvalue weighted by atomic mass is 31.2. The Morgan fingerprint density at radius 1 is 1.06 bits per heavy atom. The van der Waals surface area contributed by atoms with E-state index in [1.165, 1.54) is 4.68 Å². The summed E-state index contributed by atoms with van der Waals surface area (Å²) in [6, 6.07) is 7.24. The van der Waals surface area contributed by atoms with Crippen LogP contribution >= 0.6 is 8.38 Å². The minimum Gasteiger partial charge on any atom is -0.493 e. The average Bonchev–Trinajstić information content (AvgIpc) is 2.88. The van der Waals surface area contributed by atoms with Gasteiger partial charge in [-0.1, -0.05) is 6.07 Å². The second-order valence-corrected chi connectivity index (χ2v) is 9.76. The molecule has 0 unspecified atom stereocenters. The molecule has 2 aromatic heterocycles. The molecule has 35 heavy (non-hydrogen) atoms. The first kappa shape index (κ1) is 25.2. The molecule has 1 aliphatic heterocycles. The van der Waals surface area contributed by atoms with E-state index in [2.05, 4.69) is 15.0 Å². The maximum atomic E-state index is 13.6. The van der Waals surface area contributed by atoms with Crippen LogP contribution in [0.2, 0.25) is 0 Å². The summed E-state index contributed by atoms with van der Waals surface area (Å²) in [7, 11) is 2.85. The number of anilines is 1. The number of hydrogen-bond donors (Lipinski definition) is 2. The molecule has 0 bridgehead atoms. The molecule has 1 aliphatic rings. The lowest BCUT2D eigenvalue weighted by molar-refractivity contribution is 0.354. The van der Waals surface area contributed by atoms with Crippen LogP contribution in [0.25, 0.3) is 10.8 Å². The van der Waals surface area contributed by atoms with Crippen LogP contribution in [0.15, 0.2) is 35.3 Å². The number of methoxy groups -OCH3 is 3. The lowest BCUT2D eigenvalue weighted by Crippen LogP contribution is -2.36. The number of fused-ring (bicyclic) bond motifs is 1. The predicted molar refractivity (Wildman–Crippen MR) is 135 cm³/mol. The second kappa shape index (κ2) is 11.2. The summed E-state index contributed by atoms with van der Waals surface area (Å²) in [4.78, 5) is 38.8. The van der Waals surface area contributed by atoms with Gasteiger partial charge in [-0.05, 0) is 42.9 Å². The summed E-state index contributed by atoms with van der Waals surface area (Å²) in [6.45, 7) is 1.73. The Hall–Kier alpha value is -2.94. The molecule has 2 N–H and O–H groups in total. The van der Waals surface area contributed by atoms with Gasteiger partial charge in [0.2, 0.25) is 5.88 Å². The smallest absolute Gasteiger partial charge is 0.278 e. The molecule has 0 amide bonds. The summed E-state index contributed by atoms with van der Waals surface area (Å²) in [5.41, 5.74) is 0.629. The third kappa shape index (κ3) is 5.66. The highest BCUT2D eigenvalue weighted by Crippen LogP contribution is 2.33. The van der Waals surface area contributed by atoms with Gasteiger partial charge in [0.05, 0.1) is 39.5 Å². The maximum Gasteiger partial charge on any atom is 0.278 e. The van der Waals surface area contributed by atoms with Gasteiger partial charge in [0.15, 0.2) is 19.9 Å². The van der Waals surface area contributed by atoms with Crippen LogP contribution in [0.4, 0.5) is 5.82 Å². The summed E-state index contributed by atoms with van der Waals surface area (Å²) in [5, 5.41) is 5.58. The van der Waals surface area contributed by atoms with E-state index in [0.717, 1.165) is 37.9 Å². The Balaban J connectivity index is 1.66. The zero-order valence-electron chi connectivity index (χ0n) is 20.2. The summed E-state index contributed by atoms with van der Waals surface area (Å²) in [5.74, 6) is 2.66. The van der Waals surface area contributed by atoms with Gasteiger partial charge in [0.1, 0.15) is 5.82 Å². The molecule has 1 fully saturated rings. The largest absolute Gasteiger partial charge is 0.493 e. The molecule has 11 heteroatoms. The van der Waals surface area contributed by atoms with Gasteiger partial charge in [-0.2, -0.15) is 10.1 Å². The molecule has 3 aromatic rings. The molecular weight excluding hydrogens is 471 g/mol. The number of pyridine rings is 1. The maximum absolute atomic E-state index is 13.6. The van der Waals surface area contributed by atoms with Crippen molar-refractivity contribution in [1.29, 1.82) is 0 Å². The monoisotopic (exact) mass is 502 g/mol. The van der Waals surface area contributed by atoms with Crippen molar-refractivity contribution in [2.75, 3.05) is 45.5 Å². The standard InChI is InChI=1S/C24H31N4O6P/c1-32-19-5-4-17(12-20(19)33-2)15-28-24(29)22-18(14-25-28)13-21(34-3)26-23(22)27-9-6-16(7-10-27)8-11-35(30)31/h4-5,12-14,16,30-31H,6-11,15H2,1-3H3. The zero-order chi connectivity index (χ0) is 24.9. The first-order chi connectivity index (χ1) is 16.9. The fourth-order valence-corrected chi connectivity index (χ4v) is 5.09. The van der Waals surface area contributed by atoms with E-state index >= 15 is 0 Å². The normalized spacial score (nSPS) is 14.5. The first-order valence-electron chi connectivity index (χ1n) is 11.5. The number of piperidine rings is 1. The number of nitrogens with zero attached hydrogens (tertiary/aromatic N) is 4. The molecule has 4 rings (SSSR count). The predicted octanol–water partition coefficient (Wildman–Crippen LogP) is 2.77. The Morgan fingerprint density at radius 2 is 1.80 bits per heavy atom. The molecule has 0 saturated carbocycles. The van der Waals surface area contributed by atoms with Crippen LogP contribution in [0, 0.1) is 5.92 Å². The number of hydrogen-bond acceptors (Lipinski definition) is 9. The van der Waals surface area contributed by atoms with E-state index in [4.69, 9.17) is 14.2 Å². The third-order valence-electron chi connectivity index (χ3n) is 6.43. The van der Waals surface area contributed by atoms with E-state index in [1.54, 1.807) is 39.7 Å². The van der Waals surface area contributed by atoms with Crippen LogP contribution in [-0.2, 0) is 6.54 Å². The molecule has 3 heterocycles. The fourth-order valence-electron chi connectivity index (χ4n) is 4.49. The highest BCUT2D eigenvalue weighted by molar-refractivity contribution is 7.45. The topological polar surface area (TPSA) is 119 Å². The molecule has 0 aliphatic carbocycles. The fraction of sp³-hybridized carbons (Fsp3) is 0.458. The van der Waals surface area contributed by atoms with Gasteiger partial charge in [0, 0.05) is 30.7 Å².